The zero-order chi connectivity index (χ0) is 11.5. The largest absolute Gasteiger partial charge is 0.497 e. The van der Waals surface area contributed by atoms with E-state index in [-0.39, 0.29) is 5.92 Å². The van der Waals surface area contributed by atoms with Crippen molar-refractivity contribution in [2.24, 2.45) is 5.92 Å². The zero-order valence-corrected chi connectivity index (χ0v) is 9.05. The molecule has 1 aliphatic rings. The number of benzene rings is 1. The van der Waals surface area contributed by atoms with Crippen LogP contribution in [-0.4, -0.2) is 31.4 Å². The molecule has 86 valence electrons. The number of hydrogen-bond acceptors (Lipinski definition) is 3. The minimum Gasteiger partial charge on any atom is -0.497 e. The molecule has 1 aromatic rings. The summed E-state index contributed by atoms with van der Waals surface area (Å²) in [5.74, 6) is -0.510. The molecule has 4 heteroatoms. The minimum atomic E-state index is -0.793. The predicted octanol–water partition coefficient (Wildman–Crippen LogP) is 1.51. The molecule has 1 aromatic carbocycles. The predicted molar refractivity (Wildman–Crippen MR) is 57.7 cm³/mol. The second-order valence-electron chi connectivity index (χ2n) is 3.86. The van der Waals surface area contributed by atoms with Crippen LogP contribution in [0.2, 0.25) is 0 Å². The van der Waals surface area contributed by atoms with Crippen LogP contribution < -0.4 is 4.74 Å². The summed E-state index contributed by atoms with van der Waals surface area (Å²) < 4.78 is 10.3. The van der Waals surface area contributed by atoms with Gasteiger partial charge in [-0.1, -0.05) is 12.1 Å². The molecule has 0 bridgehead atoms. The molecular weight excluding hydrogens is 208 g/mol. The van der Waals surface area contributed by atoms with Gasteiger partial charge in [-0.25, -0.2) is 0 Å². The fraction of sp³-hybridized carbons (Fsp3) is 0.417. The van der Waals surface area contributed by atoms with Crippen molar-refractivity contribution in [3.8, 4) is 5.75 Å². The normalized spacial score (nSPS) is 24.3. The first-order chi connectivity index (χ1) is 7.72. The summed E-state index contributed by atoms with van der Waals surface area (Å²) >= 11 is 0. The first-order valence-corrected chi connectivity index (χ1v) is 5.17. The summed E-state index contributed by atoms with van der Waals surface area (Å²) in [4.78, 5) is 11.0. The van der Waals surface area contributed by atoms with Crippen LogP contribution in [-0.2, 0) is 9.53 Å². The number of ether oxygens (including phenoxy) is 2. The summed E-state index contributed by atoms with van der Waals surface area (Å²) in [7, 11) is 1.60. The topological polar surface area (TPSA) is 55.8 Å². The Bertz CT molecular complexity index is 371. The van der Waals surface area contributed by atoms with Gasteiger partial charge >= 0.3 is 5.97 Å². The van der Waals surface area contributed by atoms with Crippen LogP contribution in [0.25, 0.3) is 0 Å². The van der Waals surface area contributed by atoms with Gasteiger partial charge in [-0.15, -0.1) is 0 Å². The van der Waals surface area contributed by atoms with Crippen molar-refractivity contribution in [1.29, 1.82) is 0 Å². The first-order valence-electron chi connectivity index (χ1n) is 5.17. The molecule has 1 N–H and O–H groups in total. The highest BCUT2D eigenvalue weighted by Crippen LogP contribution is 2.31. The third-order valence-corrected chi connectivity index (χ3v) is 2.94. The van der Waals surface area contributed by atoms with E-state index in [4.69, 9.17) is 14.6 Å². The van der Waals surface area contributed by atoms with E-state index in [1.807, 2.05) is 24.3 Å². The number of rotatable bonds is 3. The molecule has 2 atom stereocenters. The van der Waals surface area contributed by atoms with Crippen LogP contribution in [0.5, 0.6) is 5.75 Å². The Morgan fingerprint density at radius 2 is 2.06 bits per heavy atom. The molecule has 1 fully saturated rings. The van der Waals surface area contributed by atoms with Gasteiger partial charge in [-0.2, -0.15) is 0 Å². The highest BCUT2D eigenvalue weighted by Gasteiger charge is 2.34. The zero-order valence-electron chi connectivity index (χ0n) is 9.05. The average Bonchev–Trinajstić information content (AvgIpc) is 2.78. The van der Waals surface area contributed by atoms with Crippen molar-refractivity contribution >= 4 is 5.97 Å². The first kappa shape index (κ1) is 11.0. The fourth-order valence-electron chi connectivity index (χ4n) is 1.98. The van der Waals surface area contributed by atoms with E-state index in [0.29, 0.717) is 13.2 Å². The molecule has 0 aliphatic carbocycles. The maximum Gasteiger partial charge on any atom is 0.309 e. The van der Waals surface area contributed by atoms with Crippen molar-refractivity contribution in [3.05, 3.63) is 29.8 Å². The van der Waals surface area contributed by atoms with E-state index in [9.17, 15) is 4.79 Å². The van der Waals surface area contributed by atoms with Gasteiger partial charge in [0, 0.05) is 5.92 Å². The Morgan fingerprint density at radius 1 is 1.38 bits per heavy atom. The van der Waals surface area contributed by atoms with Crippen molar-refractivity contribution in [2.75, 3.05) is 20.3 Å². The maximum absolute atomic E-state index is 11.0. The quantitative estimate of drug-likeness (QED) is 0.842. The Kier molecular flexibility index (Phi) is 3.10. The molecule has 0 spiro atoms. The second kappa shape index (κ2) is 4.53. The van der Waals surface area contributed by atoms with Crippen LogP contribution >= 0.6 is 0 Å². The Morgan fingerprint density at radius 3 is 2.62 bits per heavy atom. The third-order valence-electron chi connectivity index (χ3n) is 2.94. The summed E-state index contributed by atoms with van der Waals surface area (Å²) in [5.41, 5.74) is 0.991. The number of carbonyl (C=O) groups is 1. The third kappa shape index (κ3) is 2.02. The summed E-state index contributed by atoms with van der Waals surface area (Å²) in [6.07, 6.45) is 0. The Labute approximate surface area is 93.8 Å². The van der Waals surface area contributed by atoms with Gasteiger partial charge in [0.05, 0.1) is 26.2 Å². The molecule has 0 radical (unpaired) electrons. The van der Waals surface area contributed by atoms with Gasteiger partial charge < -0.3 is 14.6 Å². The highest BCUT2D eigenvalue weighted by molar-refractivity contribution is 5.72. The lowest BCUT2D eigenvalue weighted by Gasteiger charge is -2.14. The number of carboxylic acid groups (broad SMARTS) is 1. The minimum absolute atomic E-state index is 0.0524. The second-order valence-corrected chi connectivity index (χ2v) is 3.86. The van der Waals surface area contributed by atoms with Crippen LogP contribution in [0.3, 0.4) is 0 Å². The summed E-state index contributed by atoms with van der Waals surface area (Å²) in [6, 6.07) is 7.47. The Hall–Kier alpha value is -1.55. The van der Waals surface area contributed by atoms with Crippen LogP contribution in [0.15, 0.2) is 24.3 Å². The van der Waals surface area contributed by atoms with Crippen molar-refractivity contribution in [1.82, 2.24) is 0 Å². The molecule has 0 aromatic heterocycles. The van der Waals surface area contributed by atoms with Crippen LogP contribution in [0.4, 0.5) is 0 Å². The molecule has 0 unspecified atom stereocenters. The molecule has 0 saturated carbocycles. The van der Waals surface area contributed by atoms with E-state index in [0.717, 1.165) is 11.3 Å². The lowest BCUT2D eigenvalue weighted by atomic mass is 9.89. The lowest BCUT2D eigenvalue weighted by Crippen LogP contribution is -2.20. The fourth-order valence-corrected chi connectivity index (χ4v) is 1.98. The maximum atomic E-state index is 11.0. The van der Waals surface area contributed by atoms with Gasteiger partial charge in [0.25, 0.3) is 0 Å². The van der Waals surface area contributed by atoms with Gasteiger partial charge in [-0.05, 0) is 17.7 Å². The molecule has 1 saturated heterocycles. The molecule has 2 rings (SSSR count). The smallest absolute Gasteiger partial charge is 0.309 e. The molecule has 1 heterocycles. The molecular formula is C12H14O4. The van der Waals surface area contributed by atoms with E-state index >= 15 is 0 Å². The monoisotopic (exact) mass is 222 g/mol. The summed E-state index contributed by atoms with van der Waals surface area (Å²) in [5, 5.41) is 9.04. The molecule has 1 aliphatic heterocycles. The van der Waals surface area contributed by atoms with E-state index in [1.54, 1.807) is 7.11 Å². The summed E-state index contributed by atoms with van der Waals surface area (Å²) in [6.45, 7) is 0.773. The van der Waals surface area contributed by atoms with E-state index in [2.05, 4.69) is 0 Å². The van der Waals surface area contributed by atoms with Gasteiger partial charge in [-0.3, -0.25) is 4.79 Å². The van der Waals surface area contributed by atoms with Crippen molar-refractivity contribution < 1.29 is 19.4 Å². The number of aliphatic carboxylic acids is 1. The number of hydrogen-bond donors (Lipinski definition) is 1. The SMILES string of the molecule is COc1ccc([C@H]2COC[C@H]2C(=O)O)cc1. The van der Waals surface area contributed by atoms with Gasteiger partial charge in [0.2, 0.25) is 0 Å². The standard InChI is InChI=1S/C12H14O4/c1-15-9-4-2-8(3-5-9)10-6-16-7-11(10)12(13)14/h2-5,10-11H,6-7H2,1H3,(H,13,14)/t10-,11-/m1/s1. The van der Waals surface area contributed by atoms with Gasteiger partial charge in [0.1, 0.15) is 5.75 Å². The van der Waals surface area contributed by atoms with E-state index in [1.165, 1.54) is 0 Å². The average molecular weight is 222 g/mol. The molecule has 0 amide bonds. The number of carboxylic acids is 1. The lowest BCUT2D eigenvalue weighted by molar-refractivity contribution is -0.142. The van der Waals surface area contributed by atoms with Crippen LogP contribution in [0, 0.1) is 5.92 Å². The highest BCUT2D eigenvalue weighted by atomic mass is 16.5. The molecule has 4 nitrogen and oxygen atoms in total. The Balaban J connectivity index is 2.19. The van der Waals surface area contributed by atoms with Crippen LogP contribution in [0.1, 0.15) is 11.5 Å². The van der Waals surface area contributed by atoms with Crippen molar-refractivity contribution in [3.63, 3.8) is 0 Å². The van der Waals surface area contributed by atoms with Gasteiger partial charge in [0.15, 0.2) is 0 Å². The number of methoxy groups -OCH3 is 1. The van der Waals surface area contributed by atoms with Crippen molar-refractivity contribution in [2.45, 2.75) is 5.92 Å². The molecule has 16 heavy (non-hydrogen) atoms. The van der Waals surface area contributed by atoms with E-state index < -0.39 is 11.9 Å².